The number of Topliss-reactive ketones (excluding diaryl/α,β-unsaturated/α-hetero) is 1. The molecule has 4 rings (SSSR count). The standard InChI is InChI=1S/C24H20N2OS/c1-15-8-10-20(11-9-15)25-26-23(19-12-16(2)24(27)17(3)13-19)22-14-18-6-4-5-7-21(18)28-22/h4-14H,1-3H3. The van der Waals surface area contributed by atoms with Crippen LogP contribution in [0.3, 0.4) is 0 Å². The highest BCUT2D eigenvalue weighted by Gasteiger charge is 2.18. The van der Waals surface area contributed by atoms with Crippen LogP contribution < -0.4 is 0 Å². The second kappa shape index (κ2) is 7.49. The molecule has 0 unspecified atom stereocenters. The van der Waals surface area contributed by atoms with Crippen molar-refractivity contribution in [3.63, 3.8) is 0 Å². The van der Waals surface area contributed by atoms with Crippen molar-refractivity contribution >= 4 is 38.6 Å². The summed E-state index contributed by atoms with van der Waals surface area (Å²) in [4.78, 5) is 13.2. The van der Waals surface area contributed by atoms with Gasteiger partial charge >= 0.3 is 0 Å². The van der Waals surface area contributed by atoms with E-state index in [1.54, 1.807) is 11.3 Å². The second-order valence-corrected chi connectivity index (χ2v) is 8.06. The van der Waals surface area contributed by atoms with Crippen LogP contribution in [0.1, 0.15) is 24.3 Å². The fourth-order valence-corrected chi connectivity index (χ4v) is 4.22. The molecule has 3 aromatic rings. The van der Waals surface area contributed by atoms with Gasteiger partial charge in [-0.25, -0.2) is 0 Å². The van der Waals surface area contributed by atoms with E-state index in [-0.39, 0.29) is 5.78 Å². The lowest BCUT2D eigenvalue weighted by atomic mass is 9.94. The fourth-order valence-electron chi connectivity index (χ4n) is 3.15. The van der Waals surface area contributed by atoms with Gasteiger partial charge in [0.25, 0.3) is 0 Å². The maximum absolute atomic E-state index is 12.2. The van der Waals surface area contributed by atoms with Gasteiger partial charge in [0.05, 0.1) is 10.6 Å². The van der Waals surface area contributed by atoms with Crippen molar-refractivity contribution in [3.05, 3.63) is 93.9 Å². The Hall–Kier alpha value is -3.11. The van der Waals surface area contributed by atoms with Gasteiger partial charge in [-0.05, 0) is 73.7 Å². The first-order valence-corrected chi connectivity index (χ1v) is 9.96. The molecule has 3 nitrogen and oxygen atoms in total. The van der Waals surface area contributed by atoms with Crippen molar-refractivity contribution in [3.8, 4) is 0 Å². The lowest BCUT2D eigenvalue weighted by molar-refractivity contribution is -0.112. The predicted octanol–water partition coefficient (Wildman–Crippen LogP) is 7.18. The zero-order chi connectivity index (χ0) is 19.7. The summed E-state index contributed by atoms with van der Waals surface area (Å²) in [5.41, 5.74) is 5.13. The molecule has 2 aromatic carbocycles. The molecule has 1 aliphatic carbocycles. The molecule has 1 aliphatic rings. The minimum absolute atomic E-state index is 0.0786. The van der Waals surface area contributed by atoms with Crippen LogP contribution in [0.4, 0.5) is 5.69 Å². The molecule has 0 bridgehead atoms. The van der Waals surface area contributed by atoms with Crippen molar-refractivity contribution in [2.45, 2.75) is 20.8 Å². The van der Waals surface area contributed by atoms with Crippen LogP contribution in [0.5, 0.6) is 0 Å². The Balaban J connectivity index is 1.87. The van der Waals surface area contributed by atoms with Gasteiger partial charge in [-0.2, -0.15) is 5.11 Å². The van der Waals surface area contributed by atoms with Crippen LogP contribution in [0, 0.1) is 6.92 Å². The first kappa shape index (κ1) is 18.3. The number of nitrogens with zero attached hydrogens (tertiary/aromatic N) is 2. The predicted molar refractivity (Wildman–Crippen MR) is 117 cm³/mol. The smallest absolute Gasteiger partial charge is 0.184 e. The molecular formula is C24H20N2OS. The van der Waals surface area contributed by atoms with Crippen molar-refractivity contribution in [2.75, 3.05) is 0 Å². The summed E-state index contributed by atoms with van der Waals surface area (Å²) in [6.07, 6.45) is 3.81. The molecular weight excluding hydrogens is 364 g/mol. The maximum atomic E-state index is 12.2. The molecule has 1 aromatic heterocycles. The first-order valence-electron chi connectivity index (χ1n) is 9.14. The molecule has 0 atom stereocenters. The molecule has 0 amide bonds. The van der Waals surface area contributed by atoms with E-state index >= 15 is 0 Å². The number of carbonyl (C=O) groups is 1. The summed E-state index contributed by atoms with van der Waals surface area (Å²) in [5, 5.41) is 10.3. The number of carbonyl (C=O) groups excluding carboxylic acids is 1. The van der Waals surface area contributed by atoms with Crippen LogP contribution in [-0.2, 0) is 4.79 Å². The van der Waals surface area contributed by atoms with Crippen LogP contribution in [0.15, 0.2) is 93.7 Å². The van der Waals surface area contributed by atoms with Gasteiger partial charge in [0.15, 0.2) is 5.78 Å². The van der Waals surface area contributed by atoms with Crippen molar-refractivity contribution < 1.29 is 4.79 Å². The van der Waals surface area contributed by atoms with Crippen molar-refractivity contribution in [2.24, 2.45) is 10.2 Å². The van der Waals surface area contributed by atoms with Gasteiger partial charge in [-0.15, -0.1) is 16.5 Å². The minimum atomic E-state index is 0.0786. The molecule has 0 spiro atoms. The van der Waals surface area contributed by atoms with Gasteiger partial charge in [0.1, 0.15) is 5.70 Å². The number of aryl methyl sites for hydroxylation is 1. The van der Waals surface area contributed by atoms with E-state index in [1.165, 1.54) is 15.6 Å². The summed E-state index contributed by atoms with van der Waals surface area (Å²) < 4.78 is 1.20. The lowest BCUT2D eigenvalue weighted by Crippen LogP contribution is -2.06. The number of rotatable bonds is 3. The highest BCUT2D eigenvalue weighted by atomic mass is 32.1. The van der Waals surface area contributed by atoms with Gasteiger partial charge in [-0.1, -0.05) is 35.9 Å². The summed E-state index contributed by atoms with van der Waals surface area (Å²) in [7, 11) is 0. The summed E-state index contributed by atoms with van der Waals surface area (Å²) >= 11 is 1.68. The number of hydrogen-bond donors (Lipinski definition) is 0. The van der Waals surface area contributed by atoms with Gasteiger partial charge in [-0.3, -0.25) is 4.79 Å². The zero-order valence-corrected chi connectivity index (χ0v) is 16.9. The van der Waals surface area contributed by atoms with E-state index in [0.717, 1.165) is 33.0 Å². The van der Waals surface area contributed by atoms with E-state index in [9.17, 15) is 4.79 Å². The highest BCUT2D eigenvalue weighted by Crippen LogP contribution is 2.36. The Bertz CT molecular complexity index is 1130. The molecule has 1 heterocycles. The largest absolute Gasteiger partial charge is 0.289 e. The van der Waals surface area contributed by atoms with E-state index in [1.807, 2.05) is 69.3 Å². The number of hydrogen-bond acceptors (Lipinski definition) is 4. The Labute approximate surface area is 168 Å². The van der Waals surface area contributed by atoms with Crippen LogP contribution >= 0.6 is 11.3 Å². The van der Waals surface area contributed by atoms with E-state index in [4.69, 9.17) is 0 Å². The van der Waals surface area contributed by atoms with E-state index in [0.29, 0.717) is 0 Å². The van der Waals surface area contributed by atoms with E-state index < -0.39 is 0 Å². The fraction of sp³-hybridized carbons (Fsp3) is 0.125. The number of azo groups is 1. The molecule has 28 heavy (non-hydrogen) atoms. The van der Waals surface area contributed by atoms with Crippen LogP contribution in [-0.4, -0.2) is 5.78 Å². The highest BCUT2D eigenvalue weighted by molar-refractivity contribution is 7.20. The quantitative estimate of drug-likeness (QED) is 0.441. The topological polar surface area (TPSA) is 41.8 Å². The van der Waals surface area contributed by atoms with Gasteiger partial charge < -0.3 is 0 Å². The average molecular weight is 385 g/mol. The Morgan fingerprint density at radius 3 is 2.25 bits per heavy atom. The molecule has 4 heteroatoms. The number of allylic oxidation sites excluding steroid dienone is 5. The third kappa shape index (κ3) is 3.64. The molecule has 138 valence electrons. The van der Waals surface area contributed by atoms with Crippen molar-refractivity contribution in [1.29, 1.82) is 0 Å². The summed E-state index contributed by atoms with van der Waals surface area (Å²) in [6, 6.07) is 18.4. The van der Waals surface area contributed by atoms with Gasteiger partial charge in [0.2, 0.25) is 0 Å². The SMILES string of the molecule is CC1=CC(=C(N=Nc2ccc(C)cc2)c2cc3ccccc3s2)C=C(C)C1=O. The first-order chi connectivity index (χ1) is 13.5. The molecule has 0 saturated carbocycles. The Kier molecular flexibility index (Phi) is 4.88. The summed E-state index contributed by atoms with van der Waals surface area (Å²) in [5.74, 6) is 0.0786. The zero-order valence-electron chi connectivity index (χ0n) is 16.1. The van der Waals surface area contributed by atoms with Crippen molar-refractivity contribution in [1.82, 2.24) is 0 Å². The molecule has 0 radical (unpaired) electrons. The molecule has 0 saturated heterocycles. The average Bonchev–Trinajstić information content (AvgIpc) is 3.11. The normalized spacial score (nSPS) is 14.5. The number of benzene rings is 2. The third-order valence-electron chi connectivity index (χ3n) is 4.69. The minimum Gasteiger partial charge on any atom is -0.289 e. The molecule has 0 N–H and O–H groups in total. The Morgan fingerprint density at radius 2 is 1.57 bits per heavy atom. The monoisotopic (exact) mass is 384 g/mol. The Morgan fingerprint density at radius 1 is 0.893 bits per heavy atom. The number of thiophene rings is 1. The molecule has 0 fully saturated rings. The third-order valence-corrected chi connectivity index (χ3v) is 5.81. The lowest BCUT2D eigenvalue weighted by Gasteiger charge is -2.11. The van der Waals surface area contributed by atoms with Gasteiger partial charge in [0, 0.05) is 10.3 Å². The number of ketones is 1. The van der Waals surface area contributed by atoms with E-state index in [2.05, 4.69) is 28.4 Å². The molecule has 0 aliphatic heterocycles. The maximum Gasteiger partial charge on any atom is 0.184 e. The van der Waals surface area contributed by atoms with Crippen LogP contribution in [0.25, 0.3) is 15.8 Å². The number of fused-ring (bicyclic) bond motifs is 1. The second-order valence-electron chi connectivity index (χ2n) is 6.97. The summed E-state index contributed by atoms with van der Waals surface area (Å²) in [6.45, 7) is 5.74. The van der Waals surface area contributed by atoms with Crippen LogP contribution in [0.2, 0.25) is 0 Å².